The van der Waals surface area contributed by atoms with Gasteiger partial charge in [-0.05, 0) is 46.5 Å². The zero-order valence-corrected chi connectivity index (χ0v) is 13.8. The number of aryl methyl sites for hydroxylation is 2. The first-order chi connectivity index (χ1) is 8.13. The van der Waals surface area contributed by atoms with Crippen molar-refractivity contribution in [2.75, 3.05) is 0 Å². The molecule has 1 aromatic heterocycles. The molecule has 1 aromatic carbocycles. The van der Waals surface area contributed by atoms with Gasteiger partial charge in [0.1, 0.15) is 0 Å². The Morgan fingerprint density at radius 3 is 2.59 bits per heavy atom. The van der Waals surface area contributed by atoms with Crippen molar-refractivity contribution in [2.45, 2.75) is 25.1 Å². The van der Waals surface area contributed by atoms with Crippen molar-refractivity contribution in [3.63, 3.8) is 0 Å². The van der Waals surface area contributed by atoms with E-state index in [4.69, 9.17) is 0 Å². The second kappa shape index (κ2) is 5.68. The van der Waals surface area contributed by atoms with Crippen molar-refractivity contribution in [2.24, 2.45) is 0 Å². The quantitative estimate of drug-likeness (QED) is 0.590. The topological polar surface area (TPSA) is 0 Å². The van der Waals surface area contributed by atoms with E-state index in [2.05, 4.69) is 76.0 Å². The summed E-state index contributed by atoms with van der Waals surface area (Å²) in [7, 11) is 0. The Bertz CT molecular complexity index is 497. The van der Waals surface area contributed by atoms with Crippen LogP contribution >= 0.6 is 43.2 Å². The van der Waals surface area contributed by atoms with E-state index in [-0.39, 0.29) is 0 Å². The molecule has 0 radical (unpaired) electrons. The van der Waals surface area contributed by atoms with Gasteiger partial charge >= 0.3 is 0 Å². The number of alkyl halides is 1. The van der Waals surface area contributed by atoms with E-state index in [1.165, 1.54) is 25.4 Å². The molecular formula is C14H14Br2S. The van der Waals surface area contributed by atoms with Crippen LogP contribution in [0.5, 0.6) is 0 Å². The normalized spacial score (nSPS) is 12.7. The van der Waals surface area contributed by atoms with Crippen LogP contribution in [0.15, 0.2) is 34.8 Å². The lowest BCUT2D eigenvalue weighted by Gasteiger charge is -2.12. The minimum absolute atomic E-state index is 0.300. The van der Waals surface area contributed by atoms with Crippen LogP contribution in [0.1, 0.15) is 32.6 Å². The molecule has 2 aromatic rings. The number of hydrogen-bond donors (Lipinski definition) is 0. The van der Waals surface area contributed by atoms with Gasteiger partial charge in [0.05, 0.1) is 4.83 Å². The highest BCUT2D eigenvalue weighted by atomic mass is 79.9. The van der Waals surface area contributed by atoms with Crippen LogP contribution in [0.3, 0.4) is 0 Å². The van der Waals surface area contributed by atoms with E-state index < -0.39 is 0 Å². The third-order valence-electron chi connectivity index (χ3n) is 2.84. The number of halogens is 2. The monoisotopic (exact) mass is 372 g/mol. The summed E-state index contributed by atoms with van der Waals surface area (Å²) in [6, 6.07) is 10.8. The molecule has 1 heterocycles. The van der Waals surface area contributed by atoms with Gasteiger partial charge in [-0.3, -0.25) is 0 Å². The summed E-state index contributed by atoms with van der Waals surface area (Å²) in [5.74, 6) is 0. The summed E-state index contributed by atoms with van der Waals surface area (Å²) in [6.07, 6.45) is 1.07. The lowest BCUT2D eigenvalue weighted by atomic mass is 10.0. The third-order valence-corrected chi connectivity index (χ3v) is 6.33. The zero-order chi connectivity index (χ0) is 12.4. The average molecular weight is 374 g/mol. The maximum absolute atomic E-state index is 3.82. The molecule has 0 nitrogen and oxygen atoms in total. The molecule has 17 heavy (non-hydrogen) atoms. The number of benzene rings is 1. The predicted molar refractivity (Wildman–Crippen MR) is 83.3 cm³/mol. The molecule has 0 aliphatic carbocycles. The fourth-order valence-electron chi connectivity index (χ4n) is 1.86. The highest BCUT2D eigenvalue weighted by molar-refractivity contribution is 9.10. The Hall–Kier alpha value is -0.120. The minimum Gasteiger partial charge on any atom is -0.143 e. The minimum atomic E-state index is 0.300. The molecule has 90 valence electrons. The molecule has 2 rings (SSSR count). The van der Waals surface area contributed by atoms with E-state index >= 15 is 0 Å². The van der Waals surface area contributed by atoms with Crippen molar-refractivity contribution in [1.82, 2.24) is 0 Å². The standard InChI is InChI=1S/C14H14Br2S/c1-3-10-6-4-5-7-11(10)14(16)13-8-12(15)9(2)17-13/h4-8,14H,3H2,1-2H3. The second-order valence-corrected chi connectivity index (χ2v) is 7.03. The Kier molecular flexibility index (Phi) is 4.45. The first-order valence-electron chi connectivity index (χ1n) is 5.61. The van der Waals surface area contributed by atoms with Gasteiger partial charge in [-0.1, -0.05) is 47.1 Å². The fourth-order valence-corrected chi connectivity index (χ4v) is 4.28. The van der Waals surface area contributed by atoms with Gasteiger partial charge in [-0.15, -0.1) is 11.3 Å². The SMILES string of the molecule is CCc1ccccc1C(Br)c1cc(Br)c(C)s1. The molecule has 0 N–H and O–H groups in total. The van der Waals surface area contributed by atoms with Crippen molar-refractivity contribution < 1.29 is 0 Å². The van der Waals surface area contributed by atoms with Crippen LogP contribution in [-0.4, -0.2) is 0 Å². The molecule has 0 aliphatic heterocycles. The molecule has 0 amide bonds. The maximum Gasteiger partial charge on any atom is 0.0741 e. The van der Waals surface area contributed by atoms with Gasteiger partial charge in [0, 0.05) is 14.2 Å². The van der Waals surface area contributed by atoms with E-state index in [0.29, 0.717) is 4.83 Å². The first-order valence-corrected chi connectivity index (χ1v) is 8.13. The summed E-state index contributed by atoms with van der Waals surface area (Å²) in [5.41, 5.74) is 2.79. The highest BCUT2D eigenvalue weighted by Crippen LogP contribution is 2.39. The summed E-state index contributed by atoms with van der Waals surface area (Å²) < 4.78 is 1.20. The molecule has 0 bridgehead atoms. The van der Waals surface area contributed by atoms with Crippen LogP contribution in [-0.2, 0) is 6.42 Å². The molecule has 0 fully saturated rings. The van der Waals surface area contributed by atoms with Crippen molar-refractivity contribution in [1.29, 1.82) is 0 Å². The van der Waals surface area contributed by atoms with Gasteiger partial charge in [0.25, 0.3) is 0 Å². The van der Waals surface area contributed by atoms with E-state index in [0.717, 1.165) is 6.42 Å². The predicted octanol–water partition coefficient (Wildman–Crippen LogP) is 5.87. The molecule has 0 aliphatic rings. The Morgan fingerprint density at radius 2 is 2.00 bits per heavy atom. The average Bonchev–Trinajstić information content (AvgIpc) is 2.68. The molecule has 3 heteroatoms. The summed E-state index contributed by atoms with van der Waals surface area (Å²) in [4.78, 5) is 2.99. The van der Waals surface area contributed by atoms with E-state index in [1.54, 1.807) is 0 Å². The number of thiophene rings is 1. The van der Waals surface area contributed by atoms with E-state index in [1.807, 2.05) is 11.3 Å². The van der Waals surface area contributed by atoms with Crippen LogP contribution in [0.2, 0.25) is 0 Å². The molecule has 1 atom stereocenters. The van der Waals surface area contributed by atoms with Crippen molar-refractivity contribution in [3.05, 3.63) is 55.7 Å². The Labute approximate surface area is 123 Å². The zero-order valence-electron chi connectivity index (χ0n) is 9.84. The molecule has 0 saturated heterocycles. The largest absolute Gasteiger partial charge is 0.143 e. The number of rotatable bonds is 3. The lowest BCUT2D eigenvalue weighted by Crippen LogP contribution is -1.95. The second-order valence-electron chi connectivity index (χ2n) is 3.97. The van der Waals surface area contributed by atoms with Crippen LogP contribution in [0.4, 0.5) is 0 Å². The van der Waals surface area contributed by atoms with Gasteiger partial charge < -0.3 is 0 Å². The Balaban J connectivity index is 2.39. The van der Waals surface area contributed by atoms with Gasteiger partial charge in [-0.25, -0.2) is 0 Å². The lowest BCUT2D eigenvalue weighted by molar-refractivity contribution is 1.07. The maximum atomic E-state index is 3.82. The molecular weight excluding hydrogens is 360 g/mol. The molecule has 1 unspecified atom stereocenters. The van der Waals surface area contributed by atoms with Gasteiger partial charge in [-0.2, -0.15) is 0 Å². The van der Waals surface area contributed by atoms with Crippen LogP contribution in [0.25, 0.3) is 0 Å². The van der Waals surface area contributed by atoms with E-state index in [9.17, 15) is 0 Å². The fraction of sp³-hybridized carbons (Fsp3) is 0.286. The molecule has 0 spiro atoms. The summed E-state index contributed by atoms with van der Waals surface area (Å²) >= 11 is 9.25. The van der Waals surface area contributed by atoms with Gasteiger partial charge in [0.15, 0.2) is 0 Å². The highest BCUT2D eigenvalue weighted by Gasteiger charge is 2.16. The van der Waals surface area contributed by atoms with Crippen LogP contribution in [0, 0.1) is 6.92 Å². The summed E-state index contributed by atoms with van der Waals surface area (Å²) in [6.45, 7) is 4.35. The smallest absolute Gasteiger partial charge is 0.0741 e. The van der Waals surface area contributed by atoms with Crippen LogP contribution < -0.4 is 0 Å². The first kappa shape index (κ1) is 13.3. The third kappa shape index (κ3) is 2.83. The number of hydrogen-bond acceptors (Lipinski definition) is 1. The Morgan fingerprint density at radius 1 is 1.29 bits per heavy atom. The van der Waals surface area contributed by atoms with Crippen molar-refractivity contribution in [3.8, 4) is 0 Å². The van der Waals surface area contributed by atoms with Crippen molar-refractivity contribution >= 4 is 43.2 Å². The summed E-state index contributed by atoms with van der Waals surface area (Å²) in [5, 5.41) is 0. The molecule has 0 saturated carbocycles. The van der Waals surface area contributed by atoms with Gasteiger partial charge in [0.2, 0.25) is 0 Å².